The number of benzene rings is 3. The number of hydrogen-bond acceptors (Lipinski definition) is 8. The van der Waals surface area contributed by atoms with Crippen molar-refractivity contribution in [2.24, 2.45) is 5.73 Å². The highest BCUT2D eigenvalue weighted by atomic mass is 16.6. The third-order valence-corrected chi connectivity index (χ3v) is 6.33. The molecule has 42 heavy (non-hydrogen) atoms. The molecule has 0 aliphatic rings. The zero-order chi connectivity index (χ0) is 30.5. The highest BCUT2D eigenvalue weighted by Crippen LogP contribution is 2.27. The number of nitrogens with one attached hydrogen (secondary N) is 2. The molecule has 0 saturated carbocycles. The number of rotatable bonds is 14. The number of amides is 3. The van der Waals surface area contributed by atoms with E-state index >= 15 is 0 Å². The van der Waals surface area contributed by atoms with Crippen molar-refractivity contribution in [3.05, 3.63) is 112 Å². The van der Waals surface area contributed by atoms with Crippen molar-refractivity contribution in [1.82, 2.24) is 10.6 Å². The quantitative estimate of drug-likeness (QED) is 0.149. The number of alkyl carbamates (subject to hydrolysis) is 1. The Morgan fingerprint density at radius 1 is 0.857 bits per heavy atom. The number of hydrogen-bond donors (Lipinski definition) is 3. The molecule has 4 N–H and O–H groups in total. The first-order valence-electron chi connectivity index (χ1n) is 13.2. The Labute approximate surface area is 242 Å². The van der Waals surface area contributed by atoms with Crippen molar-refractivity contribution < 1.29 is 33.6 Å². The first kappa shape index (κ1) is 31.3. The van der Waals surface area contributed by atoms with Crippen molar-refractivity contribution in [3.8, 4) is 0 Å². The monoisotopic (exact) mass is 576 g/mol. The van der Waals surface area contributed by atoms with Crippen LogP contribution in [0.25, 0.3) is 0 Å². The van der Waals surface area contributed by atoms with E-state index in [0.717, 1.165) is 11.1 Å². The average Bonchev–Trinajstić information content (AvgIpc) is 2.98. The fraction of sp³-hybridized carbons (Fsp3) is 0.267. The summed E-state index contributed by atoms with van der Waals surface area (Å²) in [6, 6.07) is 20.4. The van der Waals surface area contributed by atoms with Crippen molar-refractivity contribution in [2.75, 3.05) is 6.61 Å². The van der Waals surface area contributed by atoms with Crippen LogP contribution in [0.1, 0.15) is 36.0 Å². The van der Waals surface area contributed by atoms with Crippen LogP contribution in [0, 0.1) is 10.1 Å². The molecule has 3 amide bonds. The molecule has 0 saturated heterocycles. The lowest BCUT2D eigenvalue weighted by atomic mass is 9.87. The van der Waals surface area contributed by atoms with Crippen LogP contribution >= 0.6 is 0 Å². The summed E-state index contributed by atoms with van der Waals surface area (Å²) < 4.78 is 10.3. The van der Waals surface area contributed by atoms with E-state index in [0.29, 0.717) is 5.56 Å². The van der Waals surface area contributed by atoms with Gasteiger partial charge in [-0.25, -0.2) is 4.79 Å². The normalized spacial score (nSPS) is 12.7. The van der Waals surface area contributed by atoms with Crippen molar-refractivity contribution in [1.29, 1.82) is 0 Å². The largest absolute Gasteiger partial charge is 0.466 e. The summed E-state index contributed by atoms with van der Waals surface area (Å²) in [5.74, 6) is -3.39. The van der Waals surface area contributed by atoms with Crippen molar-refractivity contribution >= 4 is 29.6 Å². The van der Waals surface area contributed by atoms with Gasteiger partial charge in [0.1, 0.15) is 18.7 Å². The summed E-state index contributed by atoms with van der Waals surface area (Å²) >= 11 is 0. The van der Waals surface area contributed by atoms with Crippen molar-refractivity contribution in [2.45, 2.75) is 44.4 Å². The SMILES string of the molecule is CCOC(=O)C[C@H](c1ccc([N+](=O)[O-])cc1)[C@@H](NC(=O)[C@@H](Cc1ccccc1)NC(=O)OCc1ccccc1)C(N)=O. The summed E-state index contributed by atoms with van der Waals surface area (Å²) in [5, 5.41) is 16.3. The van der Waals surface area contributed by atoms with E-state index in [2.05, 4.69) is 10.6 Å². The van der Waals surface area contributed by atoms with E-state index in [-0.39, 0.29) is 31.7 Å². The van der Waals surface area contributed by atoms with Crippen LogP contribution < -0.4 is 16.4 Å². The number of nitro benzene ring substituents is 1. The minimum atomic E-state index is -1.43. The highest BCUT2D eigenvalue weighted by Gasteiger charge is 2.34. The summed E-state index contributed by atoms with van der Waals surface area (Å²) in [4.78, 5) is 61.9. The van der Waals surface area contributed by atoms with Crippen LogP contribution in [-0.2, 0) is 36.9 Å². The van der Waals surface area contributed by atoms with Crippen LogP contribution in [0.2, 0.25) is 0 Å². The third-order valence-electron chi connectivity index (χ3n) is 6.33. The summed E-state index contributed by atoms with van der Waals surface area (Å²) in [5.41, 5.74) is 7.30. The second-order valence-electron chi connectivity index (χ2n) is 9.30. The molecule has 3 rings (SSSR count). The van der Waals surface area contributed by atoms with Gasteiger partial charge >= 0.3 is 12.1 Å². The number of ether oxygens (including phenoxy) is 2. The minimum absolute atomic E-state index is 0.0297. The van der Waals surface area contributed by atoms with Gasteiger partial charge in [-0.3, -0.25) is 24.5 Å². The molecule has 3 aromatic carbocycles. The maximum atomic E-state index is 13.6. The zero-order valence-electron chi connectivity index (χ0n) is 22.9. The summed E-state index contributed by atoms with van der Waals surface area (Å²) in [6.45, 7) is 1.66. The first-order valence-corrected chi connectivity index (χ1v) is 13.2. The molecule has 0 bridgehead atoms. The van der Waals surface area contributed by atoms with Gasteiger partial charge in [0.2, 0.25) is 11.8 Å². The van der Waals surface area contributed by atoms with Gasteiger partial charge in [0, 0.05) is 24.5 Å². The molecule has 0 fully saturated rings. The number of primary amides is 1. The van der Waals surface area contributed by atoms with E-state index in [1.807, 2.05) is 6.07 Å². The Hall–Kier alpha value is -5.26. The smallest absolute Gasteiger partial charge is 0.408 e. The van der Waals surface area contributed by atoms with Gasteiger partial charge in [-0.1, -0.05) is 72.8 Å². The second kappa shape index (κ2) is 15.5. The van der Waals surface area contributed by atoms with Crippen LogP contribution in [0.3, 0.4) is 0 Å². The molecule has 12 heteroatoms. The molecule has 220 valence electrons. The number of nitro groups is 1. The van der Waals surface area contributed by atoms with Gasteiger partial charge < -0.3 is 25.8 Å². The van der Waals surface area contributed by atoms with E-state index in [1.54, 1.807) is 61.5 Å². The molecule has 3 atom stereocenters. The van der Waals surface area contributed by atoms with Crippen LogP contribution in [-0.4, -0.2) is 47.5 Å². The molecule has 0 aromatic heterocycles. The Bertz CT molecular complexity index is 1370. The number of esters is 1. The summed E-state index contributed by atoms with van der Waals surface area (Å²) in [7, 11) is 0. The second-order valence-corrected chi connectivity index (χ2v) is 9.30. The Morgan fingerprint density at radius 2 is 1.45 bits per heavy atom. The third kappa shape index (κ3) is 9.44. The van der Waals surface area contributed by atoms with Crippen LogP contribution in [0.4, 0.5) is 10.5 Å². The van der Waals surface area contributed by atoms with E-state index in [1.165, 1.54) is 24.3 Å². The molecule has 0 unspecified atom stereocenters. The number of carbonyl (C=O) groups is 4. The zero-order valence-corrected chi connectivity index (χ0v) is 22.9. The predicted octanol–water partition coefficient (Wildman–Crippen LogP) is 3.14. The van der Waals surface area contributed by atoms with Gasteiger partial charge in [0.15, 0.2) is 0 Å². The lowest BCUT2D eigenvalue weighted by Crippen LogP contribution is -2.55. The van der Waals surface area contributed by atoms with E-state index < -0.39 is 46.8 Å². The van der Waals surface area contributed by atoms with Gasteiger partial charge in [-0.2, -0.15) is 0 Å². The fourth-order valence-electron chi connectivity index (χ4n) is 4.26. The number of carbonyl (C=O) groups excluding carboxylic acids is 4. The predicted molar refractivity (Wildman–Crippen MR) is 152 cm³/mol. The molecule has 0 aliphatic heterocycles. The van der Waals surface area contributed by atoms with E-state index in [4.69, 9.17) is 15.2 Å². The molecule has 12 nitrogen and oxygen atoms in total. The standard InChI is InChI=1S/C30H32N4O8/c1-2-41-26(35)18-24(22-13-15-23(16-14-22)34(39)40)27(28(31)36)33-29(37)25(17-20-9-5-3-6-10-20)32-30(38)42-19-21-11-7-4-8-12-21/h3-16,24-25,27H,2,17-19H2,1H3,(H2,31,36)(H,32,38)(H,33,37)/t24-,25-,27-/m1/s1. The average molecular weight is 577 g/mol. The molecule has 0 radical (unpaired) electrons. The lowest BCUT2D eigenvalue weighted by Gasteiger charge is -2.28. The molecular formula is C30H32N4O8. The molecule has 0 spiro atoms. The first-order chi connectivity index (χ1) is 20.2. The Kier molecular flexibility index (Phi) is 11.5. The van der Waals surface area contributed by atoms with Crippen molar-refractivity contribution in [3.63, 3.8) is 0 Å². The minimum Gasteiger partial charge on any atom is -0.466 e. The van der Waals surface area contributed by atoms with Crippen LogP contribution in [0.5, 0.6) is 0 Å². The van der Waals surface area contributed by atoms with Gasteiger partial charge in [-0.05, 0) is 23.6 Å². The van der Waals surface area contributed by atoms with E-state index in [9.17, 15) is 29.3 Å². The maximum Gasteiger partial charge on any atom is 0.408 e. The summed E-state index contributed by atoms with van der Waals surface area (Å²) in [6.07, 6.45) is -1.15. The molecular weight excluding hydrogens is 544 g/mol. The molecule has 3 aromatic rings. The number of nitrogens with zero attached hydrogens (tertiary/aromatic N) is 1. The van der Waals surface area contributed by atoms with Gasteiger partial charge in [-0.15, -0.1) is 0 Å². The van der Waals surface area contributed by atoms with Gasteiger partial charge in [0.05, 0.1) is 18.0 Å². The van der Waals surface area contributed by atoms with Crippen LogP contribution in [0.15, 0.2) is 84.9 Å². The topological polar surface area (TPSA) is 180 Å². The fourth-order valence-corrected chi connectivity index (χ4v) is 4.26. The maximum absolute atomic E-state index is 13.6. The molecule has 0 heterocycles. The highest BCUT2D eigenvalue weighted by molar-refractivity contribution is 5.92. The number of non-ortho nitro benzene ring substituents is 1. The lowest BCUT2D eigenvalue weighted by molar-refractivity contribution is -0.384. The Balaban J connectivity index is 1.85. The number of nitrogens with two attached hydrogens (primary N) is 1. The van der Waals surface area contributed by atoms with Gasteiger partial charge in [0.25, 0.3) is 5.69 Å². The Morgan fingerprint density at radius 3 is 2.00 bits per heavy atom. The molecule has 0 aliphatic carbocycles.